The molecule has 1 aromatic heterocycles. The third-order valence-electron chi connectivity index (χ3n) is 4.09. The number of esters is 2. The van der Waals surface area contributed by atoms with Gasteiger partial charge in [0.25, 0.3) is 11.6 Å². The third-order valence-corrected chi connectivity index (χ3v) is 4.98. The van der Waals surface area contributed by atoms with E-state index >= 15 is 0 Å². The number of non-ortho nitro benzene ring substituents is 1. The molecule has 14 heteroatoms. The maximum absolute atomic E-state index is 12.3. The van der Waals surface area contributed by atoms with Gasteiger partial charge in [0.2, 0.25) is 5.16 Å². The number of nitro benzene ring substituents is 1. The molecule has 0 saturated heterocycles. The molecule has 0 unspecified atom stereocenters. The van der Waals surface area contributed by atoms with Crippen LogP contribution in [-0.4, -0.2) is 61.9 Å². The molecule has 0 spiro atoms. The Bertz CT molecular complexity index is 1200. The van der Waals surface area contributed by atoms with Crippen LogP contribution in [0.15, 0.2) is 53.7 Å². The Labute approximate surface area is 196 Å². The van der Waals surface area contributed by atoms with Gasteiger partial charge in [-0.3, -0.25) is 19.7 Å². The van der Waals surface area contributed by atoms with Gasteiger partial charge in [-0.2, -0.15) is 4.68 Å². The van der Waals surface area contributed by atoms with Gasteiger partial charge in [-0.25, -0.2) is 4.79 Å². The highest BCUT2D eigenvalue weighted by Crippen LogP contribution is 2.19. The summed E-state index contributed by atoms with van der Waals surface area (Å²) >= 11 is 1.10. The highest BCUT2D eigenvalue weighted by atomic mass is 32.2. The number of carbonyl (C=O) groups is 3. The first-order valence-electron chi connectivity index (χ1n) is 9.76. The van der Waals surface area contributed by atoms with Gasteiger partial charge in [-0.15, -0.1) is 5.10 Å². The van der Waals surface area contributed by atoms with Crippen molar-refractivity contribution in [2.24, 2.45) is 0 Å². The minimum Gasteiger partial charge on any atom is -0.465 e. The molecule has 2 aromatic carbocycles. The van der Waals surface area contributed by atoms with Crippen LogP contribution in [-0.2, 0) is 19.1 Å². The summed E-state index contributed by atoms with van der Waals surface area (Å²) in [6.45, 7) is 1.41. The average Bonchev–Trinajstić information content (AvgIpc) is 3.30. The number of amides is 1. The number of hydrogen-bond acceptors (Lipinski definition) is 11. The quantitative estimate of drug-likeness (QED) is 0.192. The number of hydrogen-bond donors (Lipinski definition) is 1. The van der Waals surface area contributed by atoms with Crippen molar-refractivity contribution in [3.8, 4) is 5.69 Å². The zero-order valence-corrected chi connectivity index (χ0v) is 18.6. The summed E-state index contributed by atoms with van der Waals surface area (Å²) in [4.78, 5) is 46.0. The third kappa shape index (κ3) is 6.59. The van der Waals surface area contributed by atoms with Crippen LogP contribution in [0.3, 0.4) is 0 Å². The Morgan fingerprint density at radius 1 is 1.15 bits per heavy atom. The Morgan fingerprint density at radius 3 is 2.62 bits per heavy atom. The SMILES string of the molecule is CCOC(=O)CSc1nnnn1-c1ccc(C(=O)OCC(=O)Nc2cccc([N+](=O)[O-])c2)cc1. The number of nitro groups is 1. The van der Waals surface area contributed by atoms with E-state index < -0.39 is 29.4 Å². The van der Waals surface area contributed by atoms with Gasteiger partial charge in [0.1, 0.15) is 0 Å². The summed E-state index contributed by atoms with van der Waals surface area (Å²) in [5, 5.41) is 24.9. The van der Waals surface area contributed by atoms with E-state index in [2.05, 4.69) is 20.8 Å². The molecule has 0 atom stereocenters. The van der Waals surface area contributed by atoms with Crippen LogP contribution in [0.25, 0.3) is 5.69 Å². The van der Waals surface area contributed by atoms with Crippen molar-refractivity contribution in [1.29, 1.82) is 0 Å². The Kier molecular flexibility index (Phi) is 8.23. The molecule has 176 valence electrons. The topological polar surface area (TPSA) is 168 Å². The fraction of sp³-hybridized carbons (Fsp3) is 0.200. The Balaban J connectivity index is 1.55. The van der Waals surface area contributed by atoms with Gasteiger partial charge < -0.3 is 14.8 Å². The summed E-state index contributed by atoms with van der Waals surface area (Å²) in [6.07, 6.45) is 0. The fourth-order valence-corrected chi connectivity index (χ4v) is 3.29. The maximum Gasteiger partial charge on any atom is 0.338 e. The van der Waals surface area contributed by atoms with Crippen LogP contribution in [0.4, 0.5) is 11.4 Å². The van der Waals surface area contributed by atoms with Crippen molar-refractivity contribution >= 4 is 41.0 Å². The summed E-state index contributed by atoms with van der Waals surface area (Å²) in [5.41, 5.74) is 0.745. The van der Waals surface area contributed by atoms with Crippen LogP contribution in [0.2, 0.25) is 0 Å². The molecule has 1 heterocycles. The first-order valence-corrected chi connectivity index (χ1v) is 10.7. The van der Waals surface area contributed by atoms with Crippen LogP contribution in [0.1, 0.15) is 17.3 Å². The highest BCUT2D eigenvalue weighted by molar-refractivity contribution is 7.99. The zero-order chi connectivity index (χ0) is 24.5. The number of nitrogens with one attached hydrogen (secondary N) is 1. The second-order valence-electron chi connectivity index (χ2n) is 6.45. The standard InChI is InChI=1S/C20H18N6O7S/c1-2-32-18(28)12-34-20-22-23-24-25(20)15-8-6-13(7-9-15)19(29)33-11-17(27)21-14-4-3-5-16(10-14)26(30)31/h3-10H,2,11-12H2,1H3,(H,21,27). The van der Waals surface area contributed by atoms with E-state index in [1.165, 1.54) is 41.1 Å². The molecule has 34 heavy (non-hydrogen) atoms. The van der Waals surface area contributed by atoms with E-state index in [1.54, 1.807) is 19.1 Å². The first kappa shape index (κ1) is 24.3. The van der Waals surface area contributed by atoms with Crippen molar-refractivity contribution in [2.45, 2.75) is 12.1 Å². The van der Waals surface area contributed by atoms with Crippen molar-refractivity contribution in [3.63, 3.8) is 0 Å². The number of nitrogens with zero attached hydrogens (tertiary/aromatic N) is 5. The molecular formula is C20H18N6O7S. The number of anilines is 1. The van der Waals surface area contributed by atoms with E-state index in [0.29, 0.717) is 10.8 Å². The van der Waals surface area contributed by atoms with Crippen molar-refractivity contribution in [2.75, 3.05) is 24.3 Å². The highest BCUT2D eigenvalue weighted by Gasteiger charge is 2.15. The van der Waals surface area contributed by atoms with Crippen molar-refractivity contribution in [3.05, 3.63) is 64.2 Å². The van der Waals surface area contributed by atoms with Crippen molar-refractivity contribution in [1.82, 2.24) is 20.2 Å². The van der Waals surface area contributed by atoms with Gasteiger partial charge in [0.05, 0.1) is 28.5 Å². The summed E-state index contributed by atoms with van der Waals surface area (Å²) in [7, 11) is 0. The number of tetrazole rings is 1. The molecule has 0 aliphatic heterocycles. The zero-order valence-electron chi connectivity index (χ0n) is 17.7. The van der Waals surface area contributed by atoms with Crippen molar-refractivity contribution < 1.29 is 28.8 Å². The summed E-state index contributed by atoms with van der Waals surface area (Å²) in [6, 6.07) is 11.5. The maximum atomic E-state index is 12.3. The predicted molar refractivity (Wildman–Crippen MR) is 119 cm³/mol. The second-order valence-corrected chi connectivity index (χ2v) is 7.39. The monoisotopic (exact) mass is 486 g/mol. The number of aromatic nitrogens is 4. The van der Waals surface area contributed by atoms with E-state index in [1.807, 2.05) is 0 Å². The molecule has 0 aliphatic carbocycles. The minimum atomic E-state index is -0.741. The summed E-state index contributed by atoms with van der Waals surface area (Å²) < 4.78 is 11.3. The van der Waals surface area contributed by atoms with Crippen LogP contribution >= 0.6 is 11.8 Å². The predicted octanol–water partition coefficient (Wildman–Crippen LogP) is 2.02. The molecule has 13 nitrogen and oxygen atoms in total. The van der Waals surface area contributed by atoms with E-state index in [0.717, 1.165) is 11.8 Å². The van der Waals surface area contributed by atoms with Crippen LogP contribution in [0, 0.1) is 10.1 Å². The largest absolute Gasteiger partial charge is 0.465 e. The normalized spacial score (nSPS) is 10.4. The smallest absolute Gasteiger partial charge is 0.338 e. The molecule has 1 amide bonds. The molecule has 0 aliphatic rings. The molecule has 3 rings (SSSR count). The van der Waals surface area contributed by atoms with Gasteiger partial charge in [0.15, 0.2) is 6.61 Å². The molecule has 1 N–H and O–H groups in total. The molecule has 0 radical (unpaired) electrons. The Hall–Kier alpha value is -4.33. The van der Waals surface area contributed by atoms with Gasteiger partial charge in [-0.1, -0.05) is 17.8 Å². The van der Waals surface area contributed by atoms with Crippen LogP contribution < -0.4 is 5.32 Å². The average molecular weight is 486 g/mol. The number of carbonyl (C=O) groups excluding carboxylic acids is 3. The van der Waals surface area contributed by atoms with Gasteiger partial charge >= 0.3 is 11.9 Å². The minimum absolute atomic E-state index is 0.0387. The molecular weight excluding hydrogens is 468 g/mol. The van der Waals surface area contributed by atoms with Gasteiger partial charge in [-0.05, 0) is 47.7 Å². The second kappa shape index (κ2) is 11.5. The lowest BCUT2D eigenvalue weighted by Crippen LogP contribution is -2.21. The fourth-order valence-electron chi connectivity index (χ4n) is 2.60. The molecule has 0 bridgehead atoms. The molecule has 3 aromatic rings. The van der Waals surface area contributed by atoms with Crippen LogP contribution in [0.5, 0.6) is 0 Å². The molecule has 0 fully saturated rings. The number of ether oxygens (including phenoxy) is 2. The number of benzene rings is 2. The van der Waals surface area contributed by atoms with E-state index in [9.17, 15) is 24.5 Å². The van der Waals surface area contributed by atoms with E-state index in [4.69, 9.17) is 9.47 Å². The lowest BCUT2D eigenvalue weighted by atomic mass is 10.2. The van der Waals surface area contributed by atoms with E-state index in [-0.39, 0.29) is 29.3 Å². The lowest BCUT2D eigenvalue weighted by molar-refractivity contribution is -0.384. The van der Waals surface area contributed by atoms with Gasteiger partial charge in [0, 0.05) is 17.8 Å². The lowest BCUT2D eigenvalue weighted by Gasteiger charge is -2.08. The number of thioether (sulfide) groups is 1. The Morgan fingerprint density at radius 2 is 1.91 bits per heavy atom. The summed E-state index contributed by atoms with van der Waals surface area (Å²) in [5.74, 6) is -1.75. The molecule has 0 saturated carbocycles. The first-order chi connectivity index (χ1) is 16.4. The number of rotatable bonds is 10.